The third-order valence-electron chi connectivity index (χ3n) is 3.94. The van der Waals surface area contributed by atoms with Crippen LogP contribution in [0.25, 0.3) is 0 Å². The molecule has 1 atom stereocenters. The Morgan fingerprint density at radius 2 is 2.05 bits per heavy atom. The molecule has 0 saturated carbocycles. The third kappa shape index (κ3) is 3.26. The molecule has 2 rings (SSSR count). The van der Waals surface area contributed by atoms with Gasteiger partial charge >= 0.3 is 0 Å². The maximum absolute atomic E-state index is 13.1. The molecule has 0 radical (unpaired) electrons. The number of Topliss-reactive ketones (excluding diaryl/α,β-unsaturated/α-hetero) is 1. The number of nitrogens with zero attached hydrogens (tertiary/aromatic N) is 1. The first-order chi connectivity index (χ1) is 9.85. The highest BCUT2D eigenvalue weighted by Gasteiger charge is 2.40. The Morgan fingerprint density at radius 3 is 2.67 bits per heavy atom. The van der Waals surface area contributed by atoms with Gasteiger partial charge in [0.05, 0.1) is 12.0 Å². The van der Waals surface area contributed by atoms with E-state index in [2.05, 4.69) is 5.32 Å². The van der Waals surface area contributed by atoms with Crippen molar-refractivity contribution in [3.8, 4) is 0 Å². The summed E-state index contributed by atoms with van der Waals surface area (Å²) in [5.41, 5.74) is -0.370. The van der Waals surface area contributed by atoms with Gasteiger partial charge in [0, 0.05) is 19.2 Å². The average Bonchev–Trinajstić information content (AvgIpc) is 2.83. The standard InChI is InChI=1S/C15H18F2N2O2/c1-15(14(21)18-2)5-6-19(9-15)8-13(20)10-3-4-11(16)12(17)7-10/h3-4,7H,5-6,8-9H2,1-2H3,(H,18,21). The number of carbonyl (C=O) groups is 2. The number of hydrogen-bond donors (Lipinski definition) is 1. The molecular weight excluding hydrogens is 278 g/mol. The highest BCUT2D eigenvalue weighted by molar-refractivity contribution is 5.97. The van der Waals surface area contributed by atoms with Gasteiger partial charge in [-0.1, -0.05) is 0 Å². The first-order valence-corrected chi connectivity index (χ1v) is 6.78. The lowest BCUT2D eigenvalue weighted by molar-refractivity contribution is -0.129. The van der Waals surface area contributed by atoms with Crippen molar-refractivity contribution in [1.29, 1.82) is 0 Å². The molecule has 4 nitrogen and oxygen atoms in total. The first-order valence-electron chi connectivity index (χ1n) is 6.78. The number of ketones is 1. The van der Waals surface area contributed by atoms with Crippen LogP contribution in [0.15, 0.2) is 18.2 Å². The Bertz CT molecular complexity index is 577. The molecule has 0 aliphatic carbocycles. The smallest absolute Gasteiger partial charge is 0.227 e. The van der Waals surface area contributed by atoms with Crippen molar-refractivity contribution < 1.29 is 18.4 Å². The minimum absolute atomic E-state index is 0.0507. The van der Waals surface area contributed by atoms with Gasteiger partial charge in [-0.3, -0.25) is 14.5 Å². The van der Waals surface area contributed by atoms with E-state index in [0.717, 1.165) is 12.1 Å². The summed E-state index contributed by atoms with van der Waals surface area (Å²) in [5, 5.41) is 2.62. The molecule has 1 aromatic carbocycles. The lowest BCUT2D eigenvalue weighted by Crippen LogP contribution is -2.40. The Hall–Kier alpha value is -1.82. The van der Waals surface area contributed by atoms with Crippen molar-refractivity contribution >= 4 is 11.7 Å². The van der Waals surface area contributed by atoms with Crippen LogP contribution in [-0.4, -0.2) is 43.3 Å². The van der Waals surface area contributed by atoms with E-state index in [0.29, 0.717) is 19.5 Å². The monoisotopic (exact) mass is 296 g/mol. The molecule has 1 saturated heterocycles. The van der Waals surface area contributed by atoms with E-state index in [1.165, 1.54) is 6.07 Å². The van der Waals surface area contributed by atoms with Gasteiger partial charge in [-0.05, 0) is 38.1 Å². The lowest BCUT2D eigenvalue weighted by Gasteiger charge is -2.22. The van der Waals surface area contributed by atoms with E-state index < -0.39 is 17.0 Å². The number of halogens is 2. The second kappa shape index (κ2) is 5.89. The fourth-order valence-electron chi connectivity index (χ4n) is 2.64. The maximum Gasteiger partial charge on any atom is 0.227 e. The predicted molar refractivity (Wildman–Crippen MR) is 73.9 cm³/mol. The molecule has 1 N–H and O–H groups in total. The summed E-state index contributed by atoms with van der Waals surface area (Å²) < 4.78 is 26.0. The first kappa shape index (κ1) is 15.6. The Labute approximate surface area is 122 Å². The molecule has 114 valence electrons. The molecule has 6 heteroatoms. The normalized spacial score (nSPS) is 22.3. The Balaban J connectivity index is 2.01. The quantitative estimate of drug-likeness (QED) is 0.859. The SMILES string of the molecule is CNC(=O)C1(C)CCN(CC(=O)c2ccc(F)c(F)c2)C1. The molecule has 1 unspecified atom stereocenters. The molecule has 0 spiro atoms. The third-order valence-corrected chi connectivity index (χ3v) is 3.94. The maximum atomic E-state index is 13.1. The van der Waals surface area contributed by atoms with Gasteiger partial charge in [-0.15, -0.1) is 0 Å². The van der Waals surface area contributed by atoms with E-state index in [-0.39, 0.29) is 23.8 Å². The van der Waals surface area contributed by atoms with Gasteiger partial charge in [0.25, 0.3) is 0 Å². The minimum atomic E-state index is -1.03. The number of amides is 1. The number of carbonyl (C=O) groups excluding carboxylic acids is 2. The zero-order valence-electron chi connectivity index (χ0n) is 12.1. The van der Waals surface area contributed by atoms with Gasteiger partial charge in [0.15, 0.2) is 17.4 Å². The zero-order chi connectivity index (χ0) is 15.6. The van der Waals surface area contributed by atoms with Gasteiger partial charge in [-0.2, -0.15) is 0 Å². The van der Waals surface area contributed by atoms with Crippen LogP contribution in [-0.2, 0) is 4.79 Å². The van der Waals surface area contributed by atoms with Crippen molar-refractivity contribution in [3.63, 3.8) is 0 Å². The number of nitrogens with one attached hydrogen (secondary N) is 1. The molecule has 1 aliphatic rings. The van der Waals surface area contributed by atoms with Crippen LogP contribution in [0.3, 0.4) is 0 Å². The van der Waals surface area contributed by atoms with Crippen LogP contribution in [0, 0.1) is 17.0 Å². The van der Waals surface area contributed by atoms with E-state index in [1.54, 1.807) is 7.05 Å². The van der Waals surface area contributed by atoms with Crippen molar-refractivity contribution in [2.45, 2.75) is 13.3 Å². The molecule has 1 amide bonds. The van der Waals surface area contributed by atoms with Crippen LogP contribution >= 0.6 is 0 Å². The fourth-order valence-corrected chi connectivity index (χ4v) is 2.64. The summed E-state index contributed by atoms with van der Waals surface area (Å²) in [5.74, 6) is -2.34. The number of rotatable bonds is 4. The Morgan fingerprint density at radius 1 is 1.33 bits per heavy atom. The van der Waals surface area contributed by atoms with E-state index in [9.17, 15) is 18.4 Å². The number of benzene rings is 1. The average molecular weight is 296 g/mol. The molecule has 0 bridgehead atoms. The molecular formula is C15H18F2N2O2. The van der Waals surface area contributed by atoms with E-state index >= 15 is 0 Å². The molecule has 21 heavy (non-hydrogen) atoms. The van der Waals surface area contributed by atoms with Gasteiger partial charge in [0.1, 0.15) is 0 Å². The highest BCUT2D eigenvalue weighted by Crippen LogP contribution is 2.30. The van der Waals surface area contributed by atoms with Crippen LogP contribution in [0.1, 0.15) is 23.7 Å². The second-order valence-corrected chi connectivity index (χ2v) is 5.65. The summed E-state index contributed by atoms with van der Waals surface area (Å²) in [4.78, 5) is 25.7. The van der Waals surface area contributed by atoms with Crippen LogP contribution in [0.4, 0.5) is 8.78 Å². The summed E-state index contributed by atoms with van der Waals surface area (Å²) >= 11 is 0. The van der Waals surface area contributed by atoms with Gasteiger partial charge in [0.2, 0.25) is 5.91 Å². The number of hydrogen-bond acceptors (Lipinski definition) is 3. The summed E-state index contributed by atoms with van der Waals surface area (Å²) in [6, 6.07) is 3.13. The van der Waals surface area contributed by atoms with Crippen LogP contribution in [0.5, 0.6) is 0 Å². The number of likely N-dealkylation sites (tertiary alicyclic amines) is 1. The largest absolute Gasteiger partial charge is 0.359 e. The zero-order valence-corrected chi connectivity index (χ0v) is 12.1. The molecule has 0 aromatic heterocycles. The summed E-state index contributed by atoms with van der Waals surface area (Å²) in [6.45, 7) is 3.05. The van der Waals surface area contributed by atoms with Crippen molar-refractivity contribution in [1.82, 2.24) is 10.2 Å². The topological polar surface area (TPSA) is 49.4 Å². The second-order valence-electron chi connectivity index (χ2n) is 5.65. The summed E-state index contributed by atoms with van der Waals surface area (Å²) in [6.07, 6.45) is 0.664. The van der Waals surface area contributed by atoms with Crippen molar-refractivity contribution in [2.75, 3.05) is 26.7 Å². The predicted octanol–water partition coefficient (Wildman–Crippen LogP) is 1.61. The van der Waals surface area contributed by atoms with Crippen LogP contribution < -0.4 is 5.32 Å². The molecule has 1 aromatic rings. The molecule has 1 aliphatic heterocycles. The Kier molecular flexibility index (Phi) is 4.37. The van der Waals surface area contributed by atoms with Crippen molar-refractivity contribution in [2.24, 2.45) is 5.41 Å². The van der Waals surface area contributed by atoms with E-state index in [4.69, 9.17) is 0 Å². The highest BCUT2D eigenvalue weighted by atomic mass is 19.2. The fraction of sp³-hybridized carbons (Fsp3) is 0.467. The molecule has 1 fully saturated rings. The van der Waals surface area contributed by atoms with Gasteiger partial charge < -0.3 is 5.32 Å². The van der Waals surface area contributed by atoms with Crippen molar-refractivity contribution in [3.05, 3.63) is 35.4 Å². The molecule has 1 heterocycles. The van der Waals surface area contributed by atoms with Gasteiger partial charge in [-0.25, -0.2) is 8.78 Å². The summed E-state index contributed by atoms with van der Waals surface area (Å²) in [7, 11) is 1.59. The minimum Gasteiger partial charge on any atom is -0.359 e. The lowest BCUT2D eigenvalue weighted by atomic mass is 9.89. The van der Waals surface area contributed by atoms with E-state index in [1.807, 2.05) is 11.8 Å². The van der Waals surface area contributed by atoms with Crippen LogP contribution in [0.2, 0.25) is 0 Å².